The molecule has 2 atom stereocenters. The number of ether oxygens (including phenoxy) is 4. The lowest BCUT2D eigenvalue weighted by Gasteiger charge is -2.30. The van der Waals surface area contributed by atoms with Gasteiger partial charge in [0.05, 0.1) is 50.6 Å². The number of allylic oxidation sites excluding steroid dienone is 2. The molecule has 320 valence electrons. The minimum absolute atomic E-state index is 0.00285. The summed E-state index contributed by atoms with van der Waals surface area (Å²) in [4.78, 5) is 66.9. The van der Waals surface area contributed by atoms with Gasteiger partial charge in [-0.25, -0.2) is 9.98 Å². The van der Waals surface area contributed by atoms with Gasteiger partial charge >= 0.3 is 13.2 Å². The predicted molar refractivity (Wildman–Crippen MR) is 212 cm³/mol. The predicted octanol–water partition coefficient (Wildman–Crippen LogP) is 5.09. The minimum atomic E-state index is -2.93. The second-order valence-corrected chi connectivity index (χ2v) is 15.1. The van der Waals surface area contributed by atoms with Gasteiger partial charge in [-0.1, -0.05) is 12.1 Å². The molecule has 6 heterocycles. The van der Waals surface area contributed by atoms with Crippen molar-refractivity contribution in [1.82, 2.24) is 9.80 Å². The summed E-state index contributed by atoms with van der Waals surface area (Å²) in [6.07, 6.45) is 4.07. The summed E-state index contributed by atoms with van der Waals surface area (Å²) in [6, 6.07) is 9.19. The lowest BCUT2D eigenvalue weighted by atomic mass is 10.1. The van der Waals surface area contributed by atoms with Crippen LogP contribution in [0.5, 0.6) is 11.5 Å². The summed E-state index contributed by atoms with van der Waals surface area (Å²) in [5.74, 6) is 0.712. The number of anilines is 2. The highest BCUT2D eigenvalue weighted by atomic mass is 19.3. The molecule has 2 aromatic rings. The fraction of sp³-hybridized carbons (Fsp3) is 0.476. The van der Waals surface area contributed by atoms with E-state index in [9.17, 15) is 36.7 Å². The van der Waals surface area contributed by atoms with E-state index in [1.54, 1.807) is 34.1 Å². The van der Waals surface area contributed by atoms with Gasteiger partial charge in [-0.3, -0.25) is 19.2 Å². The third kappa shape index (κ3) is 9.87. The number of nitrogens with zero attached hydrogens (tertiary/aromatic N) is 6. The quantitative estimate of drug-likeness (QED) is 0.297. The summed E-state index contributed by atoms with van der Waals surface area (Å²) in [6.45, 7) is 2.73. The van der Waals surface area contributed by atoms with Gasteiger partial charge in [0, 0.05) is 85.8 Å². The largest absolute Gasteiger partial charge is 0.434 e. The van der Waals surface area contributed by atoms with E-state index in [1.807, 2.05) is 23.6 Å². The number of amides is 2. The van der Waals surface area contributed by atoms with E-state index in [-0.39, 0.29) is 72.6 Å². The lowest BCUT2D eigenvalue weighted by molar-refractivity contribution is -0.118. The summed E-state index contributed by atoms with van der Waals surface area (Å²) in [5.41, 5.74) is 3.34. The summed E-state index contributed by atoms with van der Waals surface area (Å²) in [7, 11) is 0. The molecule has 8 rings (SSSR count). The van der Waals surface area contributed by atoms with E-state index >= 15 is 0 Å². The molecule has 0 saturated carbocycles. The molecule has 60 heavy (non-hydrogen) atoms. The highest BCUT2D eigenvalue weighted by Crippen LogP contribution is 2.40. The molecule has 0 aromatic heterocycles. The average molecular weight is 839 g/mol. The molecular formula is C42H46F4N6O8. The zero-order chi connectivity index (χ0) is 42.5. The molecule has 0 unspecified atom stereocenters. The number of rotatable bonds is 10. The highest BCUT2D eigenvalue weighted by Gasteiger charge is 2.36. The number of halogens is 4. The first-order valence-corrected chi connectivity index (χ1v) is 19.9. The molecule has 2 fully saturated rings. The summed E-state index contributed by atoms with van der Waals surface area (Å²) >= 11 is 0. The Morgan fingerprint density at radius 3 is 1.42 bits per heavy atom. The lowest BCUT2D eigenvalue weighted by Crippen LogP contribution is -2.38. The van der Waals surface area contributed by atoms with E-state index < -0.39 is 13.2 Å². The van der Waals surface area contributed by atoms with Crippen molar-refractivity contribution in [3.63, 3.8) is 0 Å². The molecular weight excluding hydrogens is 792 g/mol. The van der Waals surface area contributed by atoms with Crippen LogP contribution in [0.2, 0.25) is 0 Å². The number of carbonyl (C=O) groups is 4. The second-order valence-electron chi connectivity index (χ2n) is 15.1. The zero-order valence-electron chi connectivity index (χ0n) is 33.3. The Bertz CT molecular complexity index is 1970. The monoisotopic (exact) mass is 838 g/mol. The van der Waals surface area contributed by atoms with Crippen molar-refractivity contribution in [2.45, 2.75) is 77.7 Å². The molecule has 6 aliphatic heterocycles. The number of alkyl halides is 4. The Hall–Kier alpha value is -5.62. The van der Waals surface area contributed by atoms with Crippen LogP contribution >= 0.6 is 0 Å². The van der Waals surface area contributed by atoms with Crippen LogP contribution in [0.3, 0.4) is 0 Å². The molecule has 0 aliphatic carbocycles. The van der Waals surface area contributed by atoms with Gasteiger partial charge in [-0.15, -0.1) is 0 Å². The van der Waals surface area contributed by atoms with E-state index in [1.165, 1.54) is 24.3 Å². The average Bonchev–Trinajstić information content (AvgIpc) is 3.74. The molecule has 2 saturated heterocycles. The molecule has 14 nitrogen and oxygen atoms in total. The van der Waals surface area contributed by atoms with Crippen molar-refractivity contribution >= 4 is 46.2 Å². The van der Waals surface area contributed by atoms with E-state index in [0.717, 1.165) is 0 Å². The third-order valence-corrected chi connectivity index (χ3v) is 10.8. The maximum atomic E-state index is 13.1. The van der Waals surface area contributed by atoms with Crippen LogP contribution in [0.25, 0.3) is 0 Å². The van der Waals surface area contributed by atoms with Gasteiger partial charge in [-0.2, -0.15) is 17.6 Å². The van der Waals surface area contributed by atoms with Crippen molar-refractivity contribution in [2.75, 3.05) is 62.4 Å². The first kappa shape index (κ1) is 42.5. The number of aliphatic imine (C=N–C) groups is 2. The number of hydrogen-bond acceptors (Lipinski definition) is 12. The minimum Gasteiger partial charge on any atom is -0.434 e. The molecule has 18 heteroatoms. The Kier molecular flexibility index (Phi) is 13.3. The van der Waals surface area contributed by atoms with Crippen molar-refractivity contribution < 1.29 is 55.7 Å². The molecule has 0 radical (unpaired) electrons. The Morgan fingerprint density at radius 1 is 0.667 bits per heavy atom. The normalized spacial score (nSPS) is 21.5. The number of ketones is 2. The van der Waals surface area contributed by atoms with E-state index in [2.05, 4.69) is 19.5 Å². The van der Waals surface area contributed by atoms with Crippen molar-refractivity contribution in [3.8, 4) is 11.5 Å². The molecule has 2 amide bonds. The molecule has 0 N–H and O–H groups in total. The molecule has 0 spiro atoms. The standard InChI is InChI=1S/2C21H23F2N3O4/c2*1-13-9-16-17(3-2-4-18(16)30-21(22)23)26(13)20(28)11-14-10-15(27)12-19(24-14)25-5-7-29-8-6-25/h2*2-4,12-13,21H,5-11H2,1H3/t2*13-/m10/s1. The van der Waals surface area contributed by atoms with Crippen LogP contribution in [0.4, 0.5) is 28.9 Å². The smallest absolute Gasteiger partial charge is 0.387 e. The van der Waals surface area contributed by atoms with Crippen LogP contribution in [0, 0.1) is 0 Å². The fourth-order valence-electron chi connectivity index (χ4n) is 8.28. The molecule has 6 aliphatic rings. The Balaban J connectivity index is 0.000000181. The number of morpholine rings is 2. The van der Waals surface area contributed by atoms with Crippen molar-refractivity contribution in [2.24, 2.45) is 9.98 Å². The van der Waals surface area contributed by atoms with Gasteiger partial charge in [0.2, 0.25) is 11.8 Å². The Labute approximate surface area is 344 Å². The topological polar surface area (TPSA) is 143 Å². The van der Waals surface area contributed by atoms with E-state index in [4.69, 9.17) is 9.47 Å². The van der Waals surface area contributed by atoms with Crippen LogP contribution < -0.4 is 19.3 Å². The summed E-state index contributed by atoms with van der Waals surface area (Å²) < 4.78 is 70.7. The molecule has 2 aromatic carbocycles. The van der Waals surface area contributed by atoms with Gasteiger partial charge in [0.1, 0.15) is 23.1 Å². The first-order chi connectivity index (χ1) is 28.8. The van der Waals surface area contributed by atoms with Crippen molar-refractivity contribution in [3.05, 3.63) is 71.3 Å². The van der Waals surface area contributed by atoms with Gasteiger partial charge in [0.15, 0.2) is 11.6 Å². The number of carbonyl (C=O) groups excluding carboxylic acids is 4. The molecule has 0 bridgehead atoms. The van der Waals surface area contributed by atoms with Gasteiger partial charge in [-0.05, 0) is 51.0 Å². The first-order valence-electron chi connectivity index (χ1n) is 19.9. The van der Waals surface area contributed by atoms with Gasteiger partial charge < -0.3 is 38.5 Å². The SMILES string of the molecule is C[C@@H]1Cc2c(OC(F)F)cccc2N1C(=O)CC1=NC(N2CCOCC2)=CC(=O)C1.C[C@H]1Cc2c(OC(F)F)cccc2N1C(=O)CC1=NC(N2CCOCC2)=CC(=O)C1. The van der Waals surface area contributed by atoms with Crippen LogP contribution in [-0.4, -0.2) is 123 Å². The second kappa shape index (κ2) is 18.8. The Morgan fingerprint density at radius 2 is 1.05 bits per heavy atom. The summed E-state index contributed by atoms with van der Waals surface area (Å²) in [5, 5.41) is 0. The van der Waals surface area contributed by atoms with Crippen molar-refractivity contribution in [1.29, 1.82) is 0 Å². The number of fused-ring (bicyclic) bond motifs is 2. The zero-order valence-corrected chi connectivity index (χ0v) is 33.3. The third-order valence-electron chi connectivity index (χ3n) is 10.8. The highest BCUT2D eigenvalue weighted by molar-refractivity contribution is 6.18. The maximum Gasteiger partial charge on any atom is 0.387 e. The van der Waals surface area contributed by atoms with Crippen LogP contribution in [0.1, 0.15) is 50.7 Å². The number of benzene rings is 2. The van der Waals surface area contributed by atoms with Gasteiger partial charge in [0.25, 0.3) is 0 Å². The fourth-order valence-corrected chi connectivity index (χ4v) is 8.28. The maximum absolute atomic E-state index is 13.1. The van der Waals surface area contributed by atoms with E-state index in [0.29, 0.717) is 111 Å². The number of hydrogen-bond donors (Lipinski definition) is 0. The van der Waals surface area contributed by atoms with Crippen LogP contribution in [0.15, 0.2) is 70.2 Å². The van der Waals surface area contributed by atoms with Crippen LogP contribution in [-0.2, 0) is 41.5 Å².